The van der Waals surface area contributed by atoms with Crippen LogP contribution in [0.1, 0.15) is 11.1 Å². The molecule has 0 atom stereocenters. The van der Waals surface area contributed by atoms with Gasteiger partial charge in [-0.3, -0.25) is 4.79 Å². The Labute approximate surface area is 169 Å². The predicted octanol–water partition coefficient (Wildman–Crippen LogP) is 3.80. The minimum absolute atomic E-state index is 0.161. The second kappa shape index (κ2) is 9.05. The van der Waals surface area contributed by atoms with Crippen LogP contribution in [-0.4, -0.2) is 36.9 Å². The maximum Gasteiger partial charge on any atom is 0.249 e. The lowest BCUT2D eigenvalue weighted by molar-refractivity contribution is -0.111. The predicted molar refractivity (Wildman–Crippen MR) is 113 cm³/mol. The summed E-state index contributed by atoms with van der Waals surface area (Å²) in [5, 5.41) is 7.07. The van der Waals surface area contributed by atoms with Gasteiger partial charge in [0.25, 0.3) is 0 Å². The summed E-state index contributed by atoms with van der Waals surface area (Å²) in [6, 6.07) is 14.4. The van der Waals surface area contributed by atoms with E-state index in [1.807, 2.05) is 43.3 Å². The average molecular weight is 394 g/mol. The third-order valence-corrected chi connectivity index (χ3v) is 4.36. The lowest BCUT2D eigenvalue weighted by Gasteiger charge is -2.13. The van der Waals surface area contributed by atoms with Crippen molar-refractivity contribution >= 4 is 23.5 Å². The average Bonchev–Trinajstić information content (AvgIpc) is 3.13. The number of hydrogen-bond acceptors (Lipinski definition) is 4. The Hall–Kier alpha value is -3.61. The molecule has 3 rings (SSSR count). The number of nitrogens with zero attached hydrogens (tertiary/aromatic N) is 3. The fraction of sp³-hybridized carbons (Fsp3) is 0.182. The van der Waals surface area contributed by atoms with E-state index < -0.39 is 5.82 Å². The minimum atomic E-state index is -0.478. The van der Waals surface area contributed by atoms with Crippen LogP contribution in [0.3, 0.4) is 0 Å². The number of amides is 1. The van der Waals surface area contributed by atoms with Crippen LogP contribution in [0.25, 0.3) is 6.08 Å². The number of methoxy groups -OCH3 is 1. The molecule has 0 radical (unpaired) electrons. The molecule has 3 aromatic rings. The number of carbonyl (C=O) groups is 1. The molecule has 150 valence electrons. The summed E-state index contributed by atoms with van der Waals surface area (Å²) in [4.78, 5) is 14.3. The largest absolute Gasteiger partial charge is 0.494 e. The van der Waals surface area contributed by atoms with Gasteiger partial charge in [0.2, 0.25) is 5.91 Å². The van der Waals surface area contributed by atoms with Crippen molar-refractivity contribution in [2.75, 3.05) is 31.4 Å². The van der Waals surface area contributed by atoms with Crippen LogP contribution < -0.4 is 15.0 Å². The number of hydrogen-bond donors (Lipinski definition) is 1. The highest BCUT2D eigenvalue weighted by molar-refractivity contribution is 6.01. The zero-order valence-electron chi connectivity index (χ0n) is 16.6. The lowest BCUT2D eigenvalue weighted by Crippen LogP contribution is -2.14. The van der Waals surface area contributed by atoms with Crippen molar-refractivity contribution in [1.82, 2.24) is 9.78 Å². The molecular weight excluding hydrogens is 371 g/mol. The van der Waals surface area contributed by atoms with Gasteiger partial charge in [-0.25, -0.2) is 9.07 Å². The summed E-state index contributed by atoms with van der Waals surface area (Å²) >= 11 is 0. The summed E-state index contributed by atoms with van der Waals surface area (Å²) < 4.78 is 20.3. The van der Waals surface area contributed by atoms with Crippen molar-refractivity contribution in [2.45, 2.75) is 6.54 Å². The van der Waals surface area contributed by atoms with Crippen molar-refractivity contribution in [3.8, 4) is 5.75 Å². The molecule has 1 amide bonds. The highest BCUT2D eigenvalue weighted by atomic mass is 19.1. The van der Waals surface area contributed by atoms with E-state index in [0.29, 0.717) is 17.9 Å². The van der Waals surface area contributed by atoms with Gasteiger partial charge in [0.15, 0.2) is 11.6 Å². The van der Waals surface area contributed by atoms with Gasteiger partial charge in [0.05, 0.1) is 19.9 Å². The van der Waals surface area contributed by atoms with Crippen LogP contribution in [0, 0.1) is 5.82 Å². The molecule has 6 nitrogen and oxygen atoms in total. The molecule has 0 spiro atoms. The van der Waals surface area contributed by atoms with Crippen LogP contribution in [0.4, 0.5) is 15.9 Å². The number of benzene rings is 2. The molecule has 0 saturated heterocycles. The fourth-order valence-corrected chi connectivity index (χ4v) is 2.76. The molecule has 0 aliphatic rings. The fourth-order valence-electron chi connectivity index (χ4n) is 2.76. The van der Waals surface area contributed by atoms with Crippen LogP contribution in [0.5, 0.6) is 5.75 Å². The van der Waals surface area contributed by atoms with Crippen LogP contribution in [0.15, 0.2) is 60.8 Å². The highest BCUT2D eigenvalue weighted by Crippen LogP contribution is 2.19. The van der Waals surface area contributed by atoms with E-state index in [-0.39, 0.29) is 11.7 Å². The van der Waals surface area contributed by atoms with Gasteiger partial charge < -0.3 is 15.0 Å². The van der Waals surface area contributed by atoms with Gasteiger partial charge in [0.1, 0.15) is 5.82 Å². The SMILES string of the molecule is COc1ccc(/C=C/C(=O)Nc2ccnn2Cc2ccc(N(C)C)cc2)cc1F. The number of halogens is 1. The molecule has 0 aliphatic heterocycles. The summed E-state index contributed by atoms with van der Waals surface area (Å²) in [6.07, 6.45) is 4.52. The maximum atomic E-state index is 13.7. The molecule has 0 bridgehead atoms. The molecule has 29 heavy (non-hydrogen) atoms. The second-order valence-electron chi connectivity index (χ2n) is 6.65. The van der Waals surface area contributed by atoms with Gasteiger partial charge in [0, 0.05) is 31.9 Å². The number of aromatic nitrogens is 2. The Balaban J connectivity index is 1.64. The standard InChI is InChI=1S/C22H23FN4O2/c1-26(2)18-8-4-17(5-9-18)15-27-21(12-13-24-27)25-22(28)11-7-16-6-10-20(29-3)19(23)14-16/h4-14H,15H2,1-3H3,(H,25,28)/b11-7+. The third kappa shape index (κ3) is 5.22. The number of carbonyl (C=O) groups excluding carboxylic acids is 1. The monoisotopic (exact) mass is 394 g/mol. The van der Waals surface area contributed by atoms with Crippen molar-refractivity contribution < 1.29 is 13.9 Å². The Morgan fingerprint density at radius 1 is 1.21 bits per heavy atom. The quantitative estimate of drug-likeness (QED) is 0.620. The van der Waals surface area contributed by atoms with E-state index in [1.54, 1.807) is 29.1 Å². The van der Waals surface area contributed by atoms with Gasteiger partial charge in [-0.1, -0.05) is 18.2 Å². The Morgan fingerprint density at radius 2 is 1.97 bits per heavy atom. The summed E-state index contributed by atoms with van der Waals surface area (Å²) in [5.74, 6) is -0.0642. The van der Waals surface area contributed by atoms with Crippen LogP contribution in [0.2, 0.25) is 0 Å². The first kappa shape index (κ1) is 20.1. The molecule has 1 aromatic heterocycles. The smallest absolute Gasteiger partial charge is 0.249 e. The second-order valence-corrected chi connectivity index (χ2v) is 6.65. The van der Waals surface area contributed by atoms with E-state index in [9.17, 15) is 9.18 Å². The van der Waals surface area contributed by atoms with Crippen molar-refractivity contribution in [3.05, 3.63) is 77.7 Å². The minimum Gasteiger partial charge on any atom is -0.494 e. The van der Waals surface area contributed by atoms with E-state index in [0.717, 1.165) is 11.3 Å². The molecule has 0 aliphatic carbocycles. The van der Waals surface area contributed by atoms with Gasteiger partial charge in [-0.2, -0.15) is 5.10 Å². The number of anilines is 2. The Morgan fingerprint density at radius 3 is 2.62 bits per heavy atom. The van der Waals surface area contributed by atoms with Crippen LogP contribution in [-0.2, 0) is 11.3 Å². The molecule has 1 heterocycles. The zero-order chi connectivity index (χ0) is 20.8. The van der Waals surface area contributed by atoms with Crippen molar-refractivity contribution in [2.24, 2.45) is 0 Å². The first-order chi connectivity index (χ1) is 14.0. The molecule has 1 N–H and O–H groups in total. The molecular formula is C22H23FN4O2. The highest BCUT2D eigenvalue weighted by Gasteiger charge is 2.07. The first-order valence-electron chi connectivity index (χ1n) is 9.07. The summed E-state index contributed by atoms with van der Waals surface area (Å²) in [5.41, 5.74) is 2.75. The number of nitrogens with one attached hydrogen (secondary N) is 1. The van der Waals surface area contributed by atoms with E-state index in [4.69, 9.17) is 4.74 Å². The third-order valence-electron chi connectivity index (χ3n) is 4.36. The molecule has 0 fully saturated rings. The molecule has 0 saturated carbocycles. The van der Waals surface area contributed by atoms with Crippen molar-refractivity contribution in [3.63, 3.8) is 0 Å². The first-order valence-corrected chi connectivity index (χ1v) is 9.07. The maximum absolute atomic E-state index is 13.7. The number of ether oxygens (including phenoxy) is 1. The Kier molecular flexibility index (Phi) is 6.29. The Bertz CT molecular complexity index is 1010. The lowest BCUT2D eigenvalue weighted by atomic mass is 10.2. The van der Waals surface area contributed by atoms with Gasteiger partial charge in [-0.05, 0) is 41.5 Å². The van der Waals surface area contributed by atoms with Crippen molar-refractivity contribution in [1.29, 1.82) is 0 Å². The van der Waals surface area contributed by atoms with Gasteiger partial charge in [-0.15, -0.1) is 0 Å². The van der Waals surface area contributed by atoms with Gasteiger partial charge >= 0.3 is 0 Å². The molecule has 2 aromatic carbocycles. The molecule has 0 unspecified atom stereocenters. The molecule has 7 heteroatoms. The summed E-state index contributed by atoms with van der Waals surface area (Å²) in [6.45, 7) is 0.531. The normalized spacial score (nSPS) is 10.9. The zero-order valence-corrected chi connectivity index (χ0v) is 16.6. The van der Waals surface area contributed by atoms with E-state index in [2.05, 4.69) is 10.4 Å². The number of rotatable bonds is 7. The van der Waals surface area contributed by atoms with E-state index >= 15 is 0 Å². The topological polar surface area (TPSA) is 59.4 Å². The summed E-state index contributed by atoms with van der Waals surface area (Å²) in [7, 11) is 5.38. The van der Waals surface area contributed by atoms with Crippen LogP contribution >= 0.6 is 0 Å². The van der Waals surface area contributed by atoms with E-state index in [1.165, 1.54) is 25.3 Å².